The van der Waals surface area contributed by atoms with E-state index < -0.39 is 0 Å². The number of aryl methyl sites for hydroxylation is 1. The lowest BCUT2D eigenvalue weighted by molar-refractivity contribution is 0.0992. The summed E-state index contributed by atoms with van der Waals surface area (Å²) in [5.74, 6) is 0.0947. The summed E-state index contributed by atoms with van der Waals surface area (Å²) in [6.45, 7) is 2.01. The maximum absolute atomic E-state index is 12.3. The molecule has 0 saturated heterocycles. The largest absolute Gasteiger partial charge is 0.294 e. The average Bonchev–Trinajstić information content (AvgIpc) is 2.36. The highest BCUT2D eigenvalue weighted by Gasteiger charge is 2.13. The number of halogens is 3. The summed E-state index contributed by atoms with van der Waals surface area (Å²) >= 11 is 11.7. The molecule has 0 N–H and O–H groups in total. The molecule has 0 unspecified atom stereocenters. The van der Waals surface area contributed by atoms with Crippen LogP contribution in [0.15, 0.2) is 40.9 Å². The molecule has 2 rings (SSSR count). The van der Waals surface area contributed by atoms with E-state index in [-0.39, 0.29) is 5.78 Å². The number of carbonyl (C=O) groups excluding carboxylic acids is 1. The van der Waals surface area contributed by atoms with E-state index in [2.05, 4.69) is 38.5 Å². The third-order valence-electron chi connectivity index (χ3n) is 2.86. The molecule has 0 fully saturated rings. The Morgan fingerprint density at radius 1 is 1.32 bits per heavy atom. The van der Waals surface area contributed by atoms with Gasteiger partial charge < -0.3 is 0 Å². The molecular weight excluding hydrogens is 438 g/mol. The van der Waals surface area contributed by atoms with Gasteiger partial charge in [0.15, 0.2) is 5.78 Å². The molecule has 0 aromatic heterocycles. The standard InChI is InChI=1S/C15H11BrClIO/c1-9-3-2-4-12(15(9)18)14(19)7-10-5-6-11(16)8-13(10)17/h2-6,8H,7H2,1H3. The lowest BCUT2D eigenvalue weighted by atomic mass is 10.0. The first-order valence-corrected chi connectivity index (χ1v) is 7.96. The van der Waals surface area contributed by atoms with E-state index in [0.717, 1.165) is 24.7 Å². The van der Waals surface area contributed by atoms with Gasteiger partial charge in [-0.1, -0.05) is 51.8 Å². The fourth-order valence-electron chi connectivity index (χ4n) is 1.80. The lowest BCUT2D eigenvalue weighted by Crippen LogP contribution is -2.07. The Balaban J connectivity index is 2.28. The molecule has 0 amide bonds. The van der Waals surface area contributed by atoms with Crippen molar-refractivity contribution in [3.8, 4) is 0 Å². The summed E-state index contributed by atoms with van der Waals surface area (Å²) in [4.78, 5) is 12.3. The zero-order chi connectivity index (χ0) is 14.0. The van der Waals surface area contributed by atoms with Crippen LogP contribution in [0.2, 0.25) is 5.02 Å². The quantitative estimate of drug-likeness (QED) is 0.451. The van der Waals surface area contributed by atoms with Crippen LogP contribution in [0, 0.1) is 10.5 Å². The van der Waals surface area contributed by atoms with E-state index in [1.54, 1.807) is 0 Å². The summed E-state index contributed by atoms with van der Waals surface area (Å²) in [5, 5.41) is 0.616. The molecule has 0 heterocycles. The SMILES string of the molecule is Cc1cccc(C(=O)Cc2ccc(Br)cc2Cl)c1I. The van der Waals surface area contributed by atoms with Crippen LogP contribution in [0.5, 0.6) is 0 Å². The summed E-state index contributed by atoms with van der Waals surface area (Å²) in [7, 11) is 0. The zero-order valence-corrected chi connectivity index (χ0v) is 14.7. The maximum Gasteiger partial charge on any atom is 0.168 e. The van der Waals surface area contributed by atoms with Crippen LogP contribution in [0.1, 0.15) is 21.5 Å². The van der Waals surface area contributed by atoms with Gasteiger partial charge in [0.25, 0.3) is 0 Å². The molecule has 0 atom stereocenters. The molecule has 19 heavy (non-hydrogen) atoms. The number of hydrogen-bond donors (Lipinski definition) is 0. The predicted molar refractivity (Wildman–Crippen MR) is 91.1 cm³/mol. The van der Waals surface area contributed by atoms with Crippen molar-refractivity contribution in [2.75, 3.05) is 0 Å². The van der Waals surface area contributed by atoms with Crippen LogP contribution in [-0.4, -0.2) is 5.78 Å². The second-order valence-corrected chi connectivity index (χ2v) is 6.67. The number of ketones is 1. The second kappa shape index (κ2) is 6.37. The van der Waals surface area contributed by atoms with E-state index in [1.807, 2.05) is 43.3 Å². The third kappa shape index (κ3) is 3.58. The highest BCUT2D eigenvalue weighted by molar-refractivity contribution is 14.1. The first-order chi connectivity index (χ1) is 8.99. The van der Waals surface area contributed by atoms with Gasteiger partial charge in [0.05, 0.1) is 0 Å². The molecule has 0 saturated carbocycles. The Morgan fingerprint density at radius 2 is 2.05 bits per heavy atom. The van der Waals surface area contributed by atoms with Gasteiger partial charge in [0, 0.05) is 25.0 Å². The van der Waals surface area contributed by atoms with Crippen LogP contribution in [0.3, 0.4) is 0 Å². The lowest BCUT2D eigenvalue weighted by Gasteiger charge is -2.08. The molecule has 2 aromatic rings. The first-order valence-electron chi connectivity index (χ1n) is 5.71. The number of carbonyl (C=O) groups is 1. The minimum atomic E-state index is 0.0947. The Labute approximate surface area is 139 Å². The molecule has 0 aliphatic heterocycles. The first kappa shape index (κ1) is 15.0. The Hall–Kier alpha value is -0.390. The van der Waals surface area contributed by atoms with Gasteiger partial charge in [0.1, 0.15) is 0 Å². The number of rotatable bonds is 3. The Morgan fingerprint density at radius 3 is 2.74 bits per heavy atom. The summed E-state index contributed by atoms with van der Waals surface area (Å²) < 4.78 is 1.93. The summed E-state index contributed by atoms with van der Waals surface area (Å²) in [6.07, 6.45) is 0.325. The Bertz CT molecular complexity index is 640. The molecule has 0 radical (unpaired) electrons. The molecule has 0 aliphatic rings. The van der Waals surface area contributed by atoms with E-state index in [4.69, 9.17) is 11.6 Å². The van der Waals surface area contributed by atoms with E-state index in [9.17, 15) is 4.79 Å². The van der Waals surface area contributed by atoms with Crippen molar-refractivity contribution in [3.05, 3.63) is 66.2 Å². The van der Waals surface area contributed by atoms with Crippen LogP contribution in [-0.2, 0) is 6.42 Å². The van der Waals surface area contributed by atoms with Gasteiger partial charge in [-0.15, -0.1) is 0 Å². The molecule has 98 valence electrons. The average molecular weight is 450 g/mol. The van der Waals surface area contributed by atoms with Crippen LogP contribution < -0.4 is 0 Å². The molecule has 2 aromatic carbocycles. The smallest absolute Gasteiger partial charge is 0.168 e. The van der Waals surface area contributed by atoms with E-state index in [0.29, 0.717) is 11.4 Å². The van der Waals surface area contributed by atoms with Crippen LogP contribution in [0.4, 0.5) is 0 Å². The van der Waals surface area contributed by atoms with Crippen molar-refractivity contribution in [1.29, 1.82) is 0 Å². The third-order valence-corrected chi connectivity index (χ3v) is 5.14. The second-order valence-electron chi connectivity index (χ2n) is 4.27. The fourth-order valence-corrected chi connectivity index (χ4v) is 3.20. The van der Waals surface area contributed by atoms with Gasteiger partial charge in [0.2, 0.25) is 0 Å². The monoisotopic (exact) mass is 448 g/mol. The number of benzene rings is 2. The molecule has 0 bridgehead atoms. The van der Waals surface area contributed by atoms with Crippen molar-refractivity contribution < 1.29 is 4.79 Å². The van der Waals surface area contributed by atoms with E-state index >= 15 is 0 Å². The minimum Gasteiger partial charge on any atom is -0.294 e. The van der Waals surface area contributed by atoms with E-state index in [1.165, 1.54) is 0 Å². The van der Waals surface area contributed by atoms with Gasteiger partial charge in [-0.05, 0) is 52.8 Å². The summed E-state index contributed by atoms with van der Waals surface area (Å²) in [6, 6.07) is 11.4. The Kier molecular flexibility index (Phi) is 5.03. The van der Waals surface area contributed by atoms with Crippen molar-refractivity contribution in [3.63, 3.8) is 0 Å². The minimum absolute atomic E-state index is 0.0947. The normalized spacial score (nSPS) is 10.5. The van der Waals surface area contributed by atoms with Gasteiger partial charge in [-0.3, -0.25) is 4.79 Å². The van der Waals surface area contributed by atoms with Gasteiger partial charge in [-0.2, -0.15) is 0 Å². The van der Waals surface area contributed by atoms with Crippen molar-refractivity contribution >= 4 is 55.9 Å². The number of Topliss-reactive ketones (excluding diaryl/α,β-unsaturated/α-hetero) is 1. The zero-order valence-electron chi connectivity index (χ0n) is 10.2. The van der Waals surface area contributed by atoms with Crippen molar-refractivity contribution in [2.24, 2.45) is 0 Å². The van der Waals surface area contributed by atoms with Crippen molar-refractivity contribution in [2.45, 2.75) is 13.3 Å². The van der Waals surface area contributed by atoms with Crippen LogP contribution in [0.25, 0.3) is 0 Å². The molecule has 0 aliphatic carbocycles. The highest BCUT2D eigenvalue weighted by atomic mass is 127. The van der Waals surface area contributed by atoms with Crippen LogP contribution >= 0.6 is 50.1 Å². The predicted octanol–water partition coefficient (Wildman–Crippen LogP) is 5.44. The number of hydrogen-bond acceptors (Lipinski definition) is 1. The topological polar surface area (TPSA) is 17.1 Å². The molecular formula is C15H11BrClIO. The van der Waals surface area contributed by atoms with Crippen molar-refractivity contribution in [1.82, 2.24) is 0 Å². The summed E-state index contributed by atoms with van der Waals surface area (Å²) in [5.41, 5.74) is 2.74. The molecule has 0 spiro atoms. The molecule has 1 nitrogen and oxygen atoms in total. The van der Waals surface area contributed by atoms with Gasteiger partial charge >= 0.3 is 0 Å². The highest BCUT2D eigenvalue weighted by Crippen LogP contribution is 2.24. The maximum atomic E-state index is 12.3. The van der Waals surface area contributed by atoms with Gasteiger partial charge in [-0.25, -0.2) is 0 Å². The fraction of sp³-hybridized carbons (Fsp3) is 0.133. The molecule has 4 heteroatoms.